The molecule has 0 aliphatic rings. The van der Waals surface area contributed by atoms with Crippen LogP contribution in [0.5, 0.6) is 0 Å². The summed E-state index contributed by atoms with van der Waals surface area (Å²) in [6.45, 7) is 0.193. The van der Waals surface area contributed by atoms with Crippen LogP contribution in [0.2, 0.25) is 0 Å². The molecule has 3 N–H and O–H groups in total. The SMILES string of the molecule is O=C(NCc1ccc(C(=O)O)nc1)Nc1nccnn1. The van der Waals surface area contributed by atoms with Crippen LogP contribution in [0.1, 0.15) is 16.1 Å². The summed E-state index contributed by atoms with van der Waals surface area (Å²) in [6.07, 6.45) is 4.17. The van der Waals surface area contributed by atoms with Gasteiger partial charge < -0.3 is 10.4 Å². The number of hydrogen-bond donors (Lipinski definition) is 3. The molecule has 0 atom stereocenters. The normalized spacial score (nSPS) is 9.80. The number of carboxylic acids is 1. The molecule has 0 spiro atoms. The van der Waals surface area contributed by atoms with Gasteiger partial charge in [0.25, 0.3) is 5.95 Å². The Bertz CT molecular complexity index is 601. The van der Waals surface area contributed by atoms with Crippen molar-refractivity contribution in [3.63, 3.8) is 0 Å². The topological polar surface area (TPSA) is 130 Å². The number of anilines is 1. The van der Waals surface area contributed by atoms with E-state index >= 15 is 0 Å². The molecule has 0 radical (unpaired) electrons. The van der Waals surface area contributed by atoms with E-state index in [1.165, 1.54) is 24.7 Å². The van der Waals surface area contributed by atoms with Gasteiger partial charge in [-0.2, -0.15) is 5.10 Å². The third-order valence-corrected chi connectivity index (χ3v) is 2.20. The molecular weight excluding hydrogens is 264 g/mol. The highest BCUT2D eigenvalue weighted by Crippen LogP contribution is 2.00. The first-order chi connectivity index (χ1) is 9.65. The Labute approximate surface area is 113 Å². The first kappa shape index (κ1) is 13.3. The minimum atomic E-state index is -1.10. The second kappa shape index (κ2) is 6.18. The van der Waals surface area contributed by atoms with E-state index in [0.717, 1.165) is 0 Å². The van der Waals surface area contributed by atoms with Crippen molar-refractivity contribution in [3.8, 4) is 0 Å². The number of nitrogens with one attached hydrogen (secondary N) is 2. The van der Waals surface area contributed by atoms with Crippen LogP contribution in [-0.4, -0.2) is 37.3 Å². The Morgan fingerprint density at radius 2 is 2.05 bits per heavy atom. The van der Waals surface area contributed by atoms with E-state index in [-0.39, 0.29) is 18.2 Å². The van der Waals surface area contributed by atoms with Crippen LogP contribution in [0.25, 0.3) is 0 Å². The van der Waals surface area contributed by atoms with Gasteiger partial charge in [0.2, 0.25) is 0 Å². The Morgan fingerprint density at radius 1 is 1.20 bits per heavy atom. The van der Waals surface area contributed by atoms with Gasteiger partial charge in [-0.1, -0.05) is 6.07 Å². The van der Waals surface area contributed by atoms with Gasteiger partial charge >= 0.3 is 12.0 Å². The molecule has 2 aromatic rings. The fourth-order valence-corrected chi connectivity index (χ4v) is 1.29. The summed E-state index contributed by atoms with van der Waals surface area (Å²) in [7, 11) is 0. The van der Waals surface area contributed by atoms with Gasteiger partial charge in [-0.15, -0.1) is 5.10 Å². The average Bonchev–Trinajstić information content (AvgIpc) is 2.46. The van der Waals surface area contributed by atoms with E-state index in [2.05, 4.69) is 30.8 Å². The van der Waals surface area contributed by atoms with E-state index in [9.17, 15) is 9.59 Å². The van der Waals surface area contributed by atoms with E-state index < -0.39 is 12.0 Å². The van der Waals surface area contributed by atoms with Crippen LogP contribution in [0.4, 0.5) is 10.7 Å². The number of hydrogen-bond acceptors (Lipinski definition) is 6. The quantitative estimate of drug-likeness (QED) is 0.730. The number of aromatic carboxylic acids is 1. The van der Waals surface area contributed by atoms with Gasteiger partial charge in [0.1, 0.15) is 5.69 Å². The van der Waals surface area contributed by atoms with Crippen molar-refractivity contribution in [1.29, 1.82) is 0 Å². The summed E-state index contributed by atoms with van der Waals surface area (Å²) in [5, 5.41) is 20.8. The molecule has 0 bridgehead atoms. The average molecular weight is 274 g/mol. The minimum Gasteiger partial charge on any atom is -0.477 e. The predicted octanol–water partition coefficient (Wildman–Crippen LogP) is 0.286. The summed E-state index contributed by atoms with van der Waals surface area (Å²) in [4.78, 5) is 29.7. The molecule has 0 aliphatic carbocycles. The molecule has 2 heterocycles. The Kier molecular flexibility index (Phi) is 4.12. The number of nitrogens with zero attached hydrogens (tertiary/aromatic N) is 4. The molecule has 2 rings (SSSR count). The smallest absolute Gasteiger partial charge is 0.354 e. The Morgan fingerprint density at radius 3 is 2.65 bits per heavy atom. The number of rotatable bonds is 4. The second-order valence-electron chi connectivity index (χ2n) is 3.63. The van der Waals surface area contributed by atoms with E-state index in [1.807, 2.05) is 0 Å². The zero-order chi connectivity index (χ0) is 14.4. The first-order valence-electron chi connectivity index (χ1n) is 5.52. The maximum absolute atomic E-state index is 11.5. The van der Waals surface area contributed by atoms with E-state index in [4.69, 9.17) is 5.11 Å². The van der Waals surface area contributed by atoms with E-state index in [1.54, 1.807) is 6.07 Å². The molecular formula is C11H10N6O3. The molecule has 2 aromatic heterocycles. The van der Waals surface area contributed by atoms with Crippen LogP contribution < -0.4 is 10.6 Å². The standard InChI is InChI=1S/C11H10N6O3/c18-9(19)8-2-1-7(5-13-8)6-14-11(20)16-10-12-3-4-15-17-10/h1-5H,6H2,(H,18,19)(H2,12,14,16,17,20). The molecule has 102 valence electrons. The molecule has 0 unspecified atom stereocenters. The lowest BCUT2D eigenvalue weighted by Crippen LogP contribution is -2.29. The molecule has 0 aromatic carbocycles. The van der Waals surface area contributed by atoms with Crippen LogP contribution >= 0.6 is 0 Å². The van der Waals surface area contributed by atoms with Crippen LogP contribution in [0, 0.1) is 0 Å². The minimum absolute atomic E-state index is 0.0537. The molecule has 0 fully saturated rings. The second-order valence-corrected chi connectivity index (χ2v) is 3.63. The molecule has 0 saturated carbocycles. The lowest BCUT2D eigenvalue weighted by atomic mass is 10.2. The maximum atomic E-state index is 11.5. The number of amides is 2. The Balaban J connectivity index is 1.85. The zero-order valence-electron chi connectivity index (χ0n) is 10.1. The lowest BCUT2D eigenvalue weighted by Gasteiger charge is -2.05. The van der Waals surface area contributed by atoms with Crippen molar-refractivity contribution in [2.75, 3.05) is 5.32 Å². The third kappa shape index (κ3) is 3.70. The van der Waals surface area contributed by atoms with Crippen LogP contribution in [0.15, 0.2) is 30.7 Å². The molecule has 2 amide bonds. The highest BCUT2D eigenvalue weighted by molar-refractivity contribution is 5.87. The van der Waals surface area contributed by atoms with E-state index in [0.29, 0.717) is 5.56 Å². The number of aromatic nitrogens is 4. The van der Waals surface area contributed by atoms with Crippen molar-refractivity contribution < 1.29 is 14.7 Å². The summed E-state index contributed by atoms with van der Waals surface area (Å²) >= 11 is 0. The van der Waals surface area contributed by atoms with Crippen molar-refractivity contribution in [2.45, 2.75) is 6.54 Å². The first-order valence-corrected chi connectivity index (χ1v) is 5.52. The van der Waals surface area contributed by atoms with Gasteiger partial charge in [0.05, 0.1) is 12.4 Å². The fourth-order valence-electron chi connectivity index (χ4n) is 1.29. The number of carbonyl (C=O) groups is 2. The lowest BCUT2D eigenvalue weighted by molar-refractivity contribution is 0.0690. The number of urea groups is 1. The van der Waals surface area contributed by atoms with Gasteiger partial charge in [-0.3, -0.25) is 5.32 Å². The molecule has 9 heteroatoms. The highest BCUT2D eigenvalue weighted by atomic mass is 16.4. The Hall–Kier alpha value is -3.10. The van der Waals surface area contributed by atoms with Gasteiger partial charge in [0.15, 0.2) is 0 Å². The summed E-state index contributed by atoms with van der Waals surface area (Å²) in [6, 6.07) is 2.43. The van der Waals surface area contributed by atoms with Gasteiger partial charge in [0, 0.05) is 12.7 Å². The monoisotopic (exact) mass is 274 g/mol. The van der Waals surface area contributed by atoms with Crippen LogP contribution in [-0.2, 0) is 6.54 Å². The molecule has 0 aliphatic heterocycles. The van der Waals surface area contributed by atoms with Crippen molar-refractivity contribution in [1.82, 2.24) is 25.5 Å². The number of pyridine rings is 1. The number of carbonyl (C=O) groups excluding carboxylic acids is 1. The largest absolute Gasteiger partial charge is 0.477 e. The van der Waals surface area contributed by atoms with Gasteiger partial charge in [-0.25, -0.2) is 19.6 Å². The predicted molar refractivity (Wildman–Crippen MR) is 66.9 cm³/mol. The molecule has 9 nitrogen and oxygen atoms in total. The maximum Gasteiger partial charge on any atom is 0.354 e. The summed E-state index contributed by atoms with van der Waals surface area (Å²) in [5.41, 5.74) is 0.610. The van der Waals surface area contributed by atoms with Crippen LogP contribution in [0.3, 0.4) is 0 Å². The van der Waals surface area contributed by atoms with Gasteiger partial charge in [-0.05, 0) is 11.6 Å². The van der Waals surface area contributed by atoms with Crippen molar-refractivity contribution in [3.05, 3.63) is 42.0 Å². The number of carboxylic acid groups (broad SMARTS) is 1. The summed E-state index contributed by atoms with van der Waals surface area (Å²) < 4.78 is 0. The van der Waals surface area contributed by atoms with Crippen molar-refractivity contribution in [2.24, 2.45) is 0 Å². The molecule has 0 saturated heterocycles. The van der Waals surface area contributed by atoms with Crippen molar-refractivity contribution >= 4 is 17.9 Å². The zero-order valence-corrected chi connectivity index (χ0v) is 10.1. The summed E-state index contributed by atoms with van der Waals surface area (Å²) in [5.74, 6) is -1.01. The highest BCUT2D eigenvalue weighted by Gasteiger charge is 2.06. The fraction of sp³-hybridized carbons (Fsp3) is 0.0909. The molecule has 20 heavy (non-hydrogen) atoms. The third-order valence-electron chi connectivity index (χ3n) is 2.20.